The lowest BCUT2D eigenvalue weighted by Crippen LogP contribution is -2.47. The molecule has 1 unspecified atom stereocenters. The van der Waals surface area contributed by atoms with Gasteiger partial charge >= 0.3 is 0 Å². The lowest BCUT2D eigenvalue weighted by Gasteiger charge is -2.33. The van der Waals surface area contributed by atoms with E-state index in [4.69, 9.17) is 15.7 Å². The number of hydrogen-bond acceptors (Lipinski definition) is 5. The topological polar surface area (TPSA) is 84.0 Å². The van der Waals surface area contributed by atoms with Crippen LogP contribution in [0.2, 0.25) is 0 Å². The number of aromatic nitrogens is 1. The fourth-order valence-electron chi connectivity index (χ4n) is 2.51. The van der Waals surface area contributed by atoms with Crippen LogP contribution in [0.1, 0.15) is 12.0 Å². The van der Waals surface area contributed by atoms with Crippen LogP contribution < -0.4 is 11.1 Å². The van der Waals surface area contributed by atoms with Crippen molar-refractivity contribution in [1.29, 1.82) is 5.26 Å². The number of anilines is 2. The van der Waals surface area contributed by atoms with Gasteiger partial charge in [-0.1, -0.05) is 0 Å². The Morgan fingerprint density at radius 3 is 3.00 bits per heavy atom. The molecule has 1 atom stereocenters. The Bertz CT molecular complexity index is 757. The number of nitrogen functional groups attached to an aromatic ring is 1. The molecule has 7 heteroatoms. The number of nitrogens with two attached hydrogens (primary N) is 1. The highest BCUT2D eigenvalue weighted by molar-refractivity contribution is 5.97. The Hall–Kier alpha value is -2.46. The van der Waals surface area contributed by atoms with Gasteiger partial charge in [-0.15, -0.1) is 0 Å². The van der Waals surface area contributed by atoms with Crippen molar-refractivity contribution in [2.75, 3.05) is 24.3 Å². The van der Waals surface area contributed by atoms with Gasteiger partial charge in [0, 0.05) is 12.0 Å². The van der Waals surface area contributed by atoms with Crippen LogP contribution in [0.3, 0.4) is 0 Å². The molecule has 114 valence electrons. The molecule has 3 rings (SSSR count). The summed E-state index contributed by atoms with van der Waals surface area (Å²) in [5, 5.41) is 12.4. The lowest BCUT2D eigenvalue weighted by atomic mass is 10.0. The maximum atomic E-state index is 13.9. The molecule has 2 aromatic rings. The summed E-state index contributed by atoms with van der Waals surface area (Å²) in [4.78, 5) is 4.16. The maximum Gasteiger partial charge on any atom is 0.290 e. The van der Waals surface area contributed by atoms with Crippen molar-refractivity contribution in [3.8, 4) is 6.07 Å². The molecule has 0 amide bonds. The van der Waals surface area contributed by atoms with Crippen LogP contribution in [-0.2, 0) is 4.74 Å². The van der Waals surface area contributed by atoms with E-state index in [1.165, 1.54) is 6.20 Å². The van der Waals surface area contributed by atoms with Crippen molar-refractivity contribution >= 4 is 22.3 Å². The standard InChI is InChI=1S/C15H14F2N4O/c16-15(17)8-22-4-3-13(15)21-14-10-5-9(6-18)1-2-12(10)20-7-11(14)19/h1-2,5,7,13H,3-4,8,19H2,(H,20,21). The Kier molecular flexibility index (Phi) is 3.54. The fourth-order valence-corrected chi connectivity index (χ4v) is 2.51. The van der Waals surface area contributed by atoms with Crippen molar-refractivity contribution in [1.82, 2.24) is 4.98 Å². The van der Waals surface area contributed by atoms with Gasteiger partial charge < -0.3 is 15.8 Å². The molecule has 0 radical (unpaired) electrons. The van der Waals surface area contributed by atoms with Gasteiger partial charge in [0.2, 0.25) is 0 Å². The Morgan fingerprint density at radius 1 is 1.45 bits per heavy atom. The molecule has 1 fully saturated rings. The number of halogens is 2. The molecule has 1 aliphatic heterocycles. The minimum atomic E-state index is -2.98. The second kappa shape index (κ2) is 5.39. The molecule has 3 N–H and O–H groups in total. The van der Waals surface area contributed by atoms with Crippen LogP contribution in [0.4, 0.5) is 20.2 Å². The molecule has 1 saturated heterocycles. The van der Waals surface area contributed by atoms with Gasteiger partial charge in [0.25, 0.3) is 5.92 Å². The maximum absolute atomic E-state index is 13.9. The second-order valence-corrected chi connectivity index (χ2v) is 5.23. The van der Waals surface area contributed by atoms with Crippen LogP contribution in [0.5, 0.6) is 0 Å². The van der Waals surface area contributed by atoms with Gasteiger partial charge in [0.05, 0.1) is 40.8 Å². The highest BCUT2D eigenvalue weighted by Crippen LogP contribution is 2.34. The molecule has 1 aliphatic rings. The number of benzene rings is 1. The number of nitrogens with zero attached hydrogens (tertiary/aromatic N) is 2. The normalized spacial score (nSPS) is 20.5. The van der Waals surface area contributed by atoms with E-state index < -0.39 is 18.6 Å². The fraction of sp³-hybridized carbons (Fsp3) is 0.333. The molecular weight excluding hydrogens is 290 g/mol. The molecule has 0 aliphatic carbocycles. The lowest BCUT2D eigenvalue weighted by molar-refractivity contribution is -0.122. The van der Waals surface area contributed by atoms with Crippen LogP contribution >= 0.6 is 0 Å². The number of nitriles is 1. The molecule has 5 nitrogen and oxygen atoms in total. The third kappa shape index (κ3) is 2.53. The first-order chi connectivity index (χ1) is 10.5. The number of fused-ring (bicyclic) bond motifs is 1. The zero-order chi connectivity index (χ0) is 15.7. The average Bonchev–Trinajstić information content (AvgIpc) is 2.51. The summed E-state index contributed by atoms with van der Waals surface area (Å²) < 4.78 is 32.7. The summed E-state index contributed by atoms with van der Waals surface area (Å²) in [6, 6.07) is 5.84. The number of alkyl halides is 2. The number of ether oxygens (including phenoxy) is 1. The van der Waals surface area contributed by atoms with E-state index in [0.29, 0.717) is 22.2 Å². The average molecular weight is 304 g/mol. The highest BCUT2D eigenvalue weighted by atomic mass is 19.3. The largest absolute Gasteiger partial charge is 0.396 e. The smallest absolute Gasteiger partial charge is 0.290 e. The third-order valence-electron chi connectivity index (χ3n) is 3.70. The summed E-state index contributed by atoms with van der Waals surface area (Å²) in [7, 11) is 0. The van der Waals surface area contributed by atoms with Crippen molar-refractivity contribution in [2.45, 2.75) is 18.4 Å². The Balaban J connectivity index is 2.05. The van der Waals surface area contributed by atoms with Crippen molar-refractivity contribution in [3.05, 3.63) is 30.0 Å². The van der Waals surface area contributed by atoms with E-state index in [9.17, 15) is 8.78 Å². The molecule has 0 saturated carbocycles. The van der Waals surface area contributed by atoms with E-state index in [-0.39, 0.29) is 18.7 Å². The van der Waals surface area contributed by atoms with Crippen molar-refractivity contribution < 1.29 is 13.5 Å². The predicted molar refractivity (Wildman–Crippen MR) is 78.7 cm³/mol. The van der Waals surface area contributed by atoms with Crippen LogP contribution in [-0.4, -0.2) is 30.2 Å². The Labute approximate surface area is 125 Å². The number of pyridine rings is 1. The van der Waals surface area contributed by atoms with Crippen molar-refractivity contribution in [2.24, 2.45) is 0 Å². The quantitative estimate of drug-likeness (QED) is 0.890. The van der Waals surface area contributed by atoms with Crippen LogP contribution in [0.15, 0.2) is 24.4 Å². The molecule has 0 spiro atoms. The summed E-state index contributed by atoms with van der Waals surface area (Å²) in [6.45, 7) is -0.351. The van der Waals surface area contributed by atoms with E-state index >= 15 is 0 Å². The monoisotopic (exact) mass is 304 g/mol. The van der Waals surface area contributed by atoms with Gasteiger partial charge in [0.15, 0.2) is 0 Å². The van der Waals surface area contributed by atoms with E-state index in [1.807, 2.05) is 6.07 Å². The second-order valence-electron chi connectivity index (χ2n) is 5.23. The van der Waals surface area contributed by atoms with Crippen LogP contribution in [0.25, 0.3) is 10.9 Å². The zero-order valence-corrected chi connectivity index (χ0v) is 11.6. The SMILES string of the molecule is N#Cc1ccc2ncc(N)c(NC3CCOCC3(F)F)c2c1. The van der Waals surface area contributed by atoms with E-state index in [1.54, 1.807) is 18.2 Å². The highest BCUT2D eigenvalue weighted by Gasteiger charge is 2.42. The summed E-state index contributed by atoms with van der Waals surface area (Å²) in [5.41, 5.74) is 7.56. The van der Waals surface area contributed by atoms with E-state index in [2.05, 4.69) is 10.3 Å². The first-order valence-corrected chi connectivity index (χ1v) is 6.82. The summed E-state index contributed by atoms with van der Waals surface area (Å²) in [6.07, 6.45) is 1.60. The molecule has 1 aromatic heterocycles. The first kappa shape index (κ1) is 14.5. The number of hydrogen-bond donors (Lipinski definition) is 2. The minimum absolute atomic E-state index is 0.175. The predicted octanol–water partition coefficient (Wildman–Crippen LogP) is 2.52. The number of rotatable bonds is 2. The van der Waals surface area contributed by atoms with Crippen LogP contribution in [0, 0.1) is 11.3 Å². The minimum Gasteiger partial charge on any atom is -0.396 e. The van der Waals surface area contributed by atoms with Crippen molar-refractivity contribution in [3.63, 3.8) is 0 Å². The summed E-state index contributed by atoms with van der Waals surface area (Å²) in [5.74, 6) is -2.98. The first-order valence-electron chi connectivity index (χ1n) is 6.82. The van der Waals surface area contributed by atoms with Gasteiger partial charge in [-0.25, -0.2) is 8.78 Å². The van der Waals surface area contributed by atoms with Gasteiger partial charge in [-0.05, 0) is 24.6 Å². The zero-order valence-electron chi connectivity index (χ0n) is 11.6. The number of nitrogens with one attached hydrogen (secondary N) is 1. The van der Waals surface area contributed by atoms with Gasteiger partial charge in [-0.2, -0.15) is 5.26 Å². The molecule has 2 heterocycles. The Morgan fingerprint density at radius 2 is 2.27 bits per heavy atom. The van der Waals surface area contributed by atoms with Gasteiger partial charge in [-0.3, -0.25) is 4.98 Å². The molecule has 22 heavy (non-hydrogen) atoms. The van der Waals surface area contributed by atoms with Gasteiger partial charge in [0.1, 0.15) is 6.61 Å². The molecule has 0 bridgehead atoms. The van der Waals surface area contributed by atoms with E-state index in [0.717, 1.165) is 0 Å². The molecule has 1 aromatic carbocycles. The summed E-state index contributed by atoms with van der Waals surface area (Å²) >= 11 is 0. The molecular formula is C15H14F2N4O. The third-order valence-corrected chi connectivity index (χ3v) is 3.70.